The first-order valence-electron chi connectivity index (χ1n) is 10.3. The van der Waals surface area contributed by atoms with Gasteiger partial charge in [-0.25, -0.2) is 0 Å². The van der Waals surface area contributed by atoms with Gasteiger partial charge in [0.15, 0.2) is 5.69 Å². The molecule has 0 radical (unpaired) electrons. The highest BCUT2D eigenvalue weighted by Gasteiger charge is 2.21. The summed E-state index contributed by atoms with van der Waals surface area (Å²) < 4.78 is 1.89. The van der Waals surface area contributed by atoms with E-state index in [1.807, 2.05) is 48.0 Å². The first-order valence-corrected chi connectivity index (χ1v) is 10.3. The number of rotatable bonds is 5. The van der Waals surface area contributed by atoms with Crippen LogP contribution in [0.1, 0.15) is 22.4 Å². The van der Waals surface area contributed by atoms with E-state index in [2.05, 4.69) is 77.8 Å². The molecule has 0 fully saturated rings. The van der Waals surface area contributed by atoms with Crippen LogP contribution in [-0.2, 0) is 0 Å². The third-order valence-corrected chi connectivity index (χ3v) is 5.13. The number of benzene rings is 3. The van der Waals surface area contributed by atoms with Crippen LogP contribution < -0.4 is 10.00 Å². The first kappa shape index (κ1) is 20.4. The van der Waals surface area contributed by atoms with Gasteiger partial charge >= 0.3 is 0 Å². The van der Waals surface area contributed by atoms with Gasteiger partial charge in [-0.1, -0.05) is 53.1 Å². The number of hydrogen-bond acceptors (Lipinski definition) is 4. The lowest BCUT2D eigenvalue weighted by Gasteiger charge is -2.09. The lowest BCUT2D eigenvalue weighted by molar-refractivity contribution is -0.665. The Morgan fingerprint density at radius 3 is 1.84 bits per heavy atom. The molecule has 0 amide bonds. The minimum atomic E-state index is 0.747. The Kier molecular flexibility index (Phi) is 5.85. The van der Waals surface area contributed by atoms with Crippen LogP contribution in [0.15, 0.2) is 89.2 Å². The van der Waals surface area contributed by atoms with Gasteiger partial charge in [0, 0.05) is 29.8 Å². The molecule has 0 saturated carbocycles. The molecule has 5 heteroatoms. The molecular weight excluding hydrogens is 382 g/mol. The average molecular weight is 409 g/mol. The average Bonchev–Trinajstić information content (AvgIpc) is 2.77. The van der Waals surface area contributed by atoms with Crippen molar-refractivity contribution in [1.82, 2.24) is 5.10 Å². The second kappa shape index (κ2) is 8.88. The van der Waals surface area contributed by atoms with Crippen molar-refractivity contribution in [2.75, 3.05) is 5.32 Å². The number of aryl methyl sites for hydroxylation is 3. The summed E-state index contributed by atoms with van der Waals surface area (Å²) in [5.74, 6) is 0. The van der Waals surface area contributed by atoms with E-state index < -0.39 is 0 Å². The zero-order chi connectivity index (χ0) is 21.8. The molecule has 1 aromatic heterocycles. The lowest BCUT2D eigenvalue weighted by atomic mass is 10.2. The maximum absolute atomic E-state index is 4.67. The van der Waals surface area contributed by atoms with Crippen LogP contribution in [0, 0.1) is 27.7 Å². The summed E-state index contributed by atoms with van der Waals surface area (Å²) in [5.41, 5.74) is 8.84. The van der Waals surface area contributed by atoms with Crippen molar-refractivity contribution in [3.63, 3.8) is 0 Å². The highest BCUT2D eigenvalue weighted by Crippen LogP contribution is 2.31. The summed E-state index contributed by atoms with van der Waals surface area (Å²) in [5, 5.41) is 17.2. The Morgan fingerprint density at radius 1 is 0.677 bits per heavy atom. The number of hydrogen-bond donors (Lipinski definition) is 1. The highest BCUT2D eigenvalue weighted by atomic mass is 15.3. The molecule has 1 N–H and O–H groups in total. The SMILES string of the molecule is Cc1ccc(N=Nc2c(Nc3ccc(C)cc3)cn[n+](-c3ccc(C)cc3)c2C)cc1. The van der Waals surface area contributed by atoms with Crippen molar-refractivity contribution in [2.45, 2.75) is 27.7 Å². The molecule has 31 heavy (non-hydrogen) atoms. The Labute approximate surface area is 183 Å². The number of nitrogens with zero attached hydrogens (tertiary/aromatic N) is 4. The molecule has 0 aliphatic rings. The van der Waals surface area contributed by atoms with Crippen LogP contribution in [0.5, 0.6) is 0 Å². The molecular formula is C26H26N5+. The summed E-state index contributed by atoms with van der Waals surface area (Å²) in [6.07, 6.45) is 1.80. The van der Waals surface area contributed by atoms with Crippen molar-refractivity contribution in [1.29, 1.82) is 0 Å². The van der Waals surface area contributed by atoms with E-state index in [0.29, 0.717) is 0 Å². The summed E-state index contributed by atoms with van der Waals surface area (Å²) in [6, 6.07) is 24.5. The van der Waals surface area contributed by atoms with Crippen LogP contribution in [0.4, 0.5) is 22.7 Å². The van der Waals surface area contributed by atoms with E-state index in [4.69, 9.17) is 0 Å². The van der Waals surface area contributed by atoms with E-state index in [-0.39, 0.29) is 0 Å². The van der Waals surface area contributed by atoms with E-state index in [1.54, 1.807) is 6.20 Å². The Hall–Kier alpha value is -3.86. The van der Waals surface area contributed by atoms with Gasteiger partial charge in [-0.15, -0.1) is 5.11 Å². The van der Waals surface area contributed by atoms with E-state index in [0.717, 1.165) is 34.1 Å². The molecule has 4 rings (SSSR count). The van der Waals surface area contributed by atoms with Gasteiger partial charge < -0.3 is 5.32 Å². The largest absolute Gasteiger partial charge is 0.352 e. The lowest BCUT2D eigenvalue weighted by Crippen LogP contribution is -2.38. The molecule has 3 aromatic carbocycles. The monoisotopic (exact) mass is 408 g/mol. The van der Waals surface area contributed by atoms with Crippen molar-refractivity contribution in [3.05, 3.63) is 101 Å². The van der Waals surface area contributed by atoms with Crippen molar-refractivity contribution >= 4 is 22.7 Å². The molecule has 0 saturated heterocycles. The standard InChI is InChI=1S/C26H25N5/c1-18-5-11-22(12-6-18)28-25-17-27-31(24-15-9-20(3)10-16-24)21(4)26(25)30-29-23-13-7-19(2)8-14-23/h5-17H,1-4H3/p+1. The summed E-state index contributed by atoms with van der Waals surface area (Å²) in [7, 11) is 0. The quantitative estimate of drug-likeness (QED) is 0.293. The Bertz CT molecular complexity index is 1210. The number of anilines is 2. The van der Waals surface area contributed by atoms with Crippen molar-refractivity contribution in [3.8, 4) is 5.69 Å². The normalized spacial score (nSPS) is 11.1. The first-order chi connectivity index (χ1) is 15.0. The predicted molar refractivity (Wildman–Crippen MR) is 125 cm³/mol. The fourth-order valence-corrected chi connectivity index (χ4v) is 3.23. The van der Waals surface area contributed by atoms with Crippen LogP contribution in [0.2, 0.25) is 0 Å². The summed E-state index contributed by atoms with van der Waals surface area (Å²) in [4.78, 5) is 0. The van der Waals surface area contributed by atoms with Crippen LogP contribution in [0.25, 0.3) is 5.69 Å². The minimum absolute atomic E-state index is 0.747. The molecule has 5 nitrogen and oxygen atoms in total. The Morgan fingerprint density at radius 2 is 1.23 bits per heavy atom. The van der Waals surface area contributed by atoms with Crippen molar-refractivity contribution < 1.29 is 4.68 Å². The summed E-state index contributed by atoms with van der Waals surface area (Å²) >= 11 is 0. The second-order valence-corrected chi connectivity index (χ2v) is 7.77. The maximum Gasteiger partial charge on any atom is 0.241 e. The maximum atomic E-state index is 4.67. The van der Waals surface area contributed by atoms with E-state index >= 15 is 0 Å². The topological polar surface area (TPSA) is 53.5 Å². The molecule has 0 aliphatic heterocycles. The minimum Gasteiger partial charge on any atom is -0.352 e. The molecule has 1 heterocycles. The van der Waals surface area contributed by atoms with E-state index in [1.165, 1.54) is 16.7 Å². The fraction of sp³-hybridized carbons (Fsp3) is 0.154. The number of aromatic nitrogens is 2. The van der Waals surface area contributed by atoms with Crippen LogP contribution in [0.3, 0.4) is 0 Å². The third kappa shape index (κ3) is 4.83. The second-order valence-electron chi connectivity index (χ2n) is 7.77. The van der Waals surface area contributed by atoms with Gasteiger partial charge in [0.05, 0.1) is 11.4 Å². The van der Waals surface area contributed by atoms with Crippen LogP contribution in [-0.4, -0.2) is 5.10 Å². The predicted octanol–water partition coefficient (Wildman–Crippen LogP) is 6.75. The molecule has 154 valence electrons. The van der Waals surface area contributed by atoms with Gasteiger partial charge in [-0.3, -0.25) is 0 Å². The third-order valence-electron chi connectivity index (χ3n) is 5.13. The Balaban J connectivity index is 1.77. The number of azo groups is 1. The van der Waals surface area contributed by atoms with Gasteiger partial charge in [-0.2, -0.15) is 5.11 Å². The zero-order valence-corrected chi connectivity index (χ0v) is 18.3. The highest BCUT2D eigenvalue weighted by molar-refractivity contribution is 5.71. The molecule has 0 spiro atoms. The van der Waals surface area contributed by atoms with Gasteiger partial charge in [-0.05, 0) is 49.7 Å². The van der Waals surface area contributed by atoms with E-state index in [9.17, 15) is 0 Å². The zero-order valence-electron chi connectivity index (χ0n) is 18.3. The molecule has 0 bridgehead atoms. The molecule has 4 aromatic rings. The van der Waals surface area contributed by atoms with Crippen molar-refractivity contribution in [2.24, 2.45) is 10.2 Å². The number of nitrogens with one attached hydrogen (secondary N) is 1. The van der Waals surface area contributed by atoms with Crippen LogP contribution >= 0.6 is 0 Å². The molecule has 0 aliphatic carbocycles. The fourth-order valence-electron chi connectivity index (χ4n) is 3.23. The molecule has 0 atom stereocenters. The van der Waals surface area contributed by atoms with Gasteiger partial charge in [0.2, 0.25) is 11.4 Å². The summed E-state index contributed by atoms with van der Waals surface area (Å²) in [6.45, 7) is 8.22. The molecule has 0 unspecified atom stereocenters. The smallest absolute Gasteiger partial charge is 0.241 e. The van der Waals surface area contributed by atoms with Gasteiger partial charge in [0.25, 0.3) is 0 Å². The van der Waals surface area contributed by atoms with Gasteiger partial charge in [0.1, 0.15) is 6.20 Å².